The number of rotatable bonds is 5. The van der Waals surface area contributed by atoms with Crippen molar-refractivity contribution in [3.05, 3.63) is 39.2 Å². The van der Waals surface area contributed by atoms with Gasteiger partial charge in [0.05, 0.1) is 23.2 Å². The zero-order valence-corrected chi connectivity index (χ0v) is 13.1. The number of aromatic nitrogens is 1. The van der Waals surface area contributed by atoms with E-state index in [0.29, 0.717) is 6.42 Å². The SMILES string of the molecule is CCc1nc(CC(=O)N[C@@H](C)c2cc(C)oc2C)cs1. The van der Waals surface area contributed by atoms with E-state index >= 15 is 0 Å². The highest BCUT2D eigenvalue weighted by molar-refractivity contribution is 7.09. The largest absolute Gasteiger partial charge is 0.466 e. The van der Waals surface area contributed by atoms with Crippen molar-refractivity contribution in [3.63, 3.8) is 0 Å². The lowest BCUT2D eigenvalue weighted by molar-refractivity contribution is -0.121. The molecule has 0 unspecified atom stereocenters. The molecule has 0 aromatic carbocycles. The Morgan fingerprint density at radius 2 is 2.25 bits per heavy atom. The van der Waals surface area contributed by atoms with E-state index in [2.05, 4.69) is 17.2 Å². The highest BCUT2D eigenvalue weighted by Crippen LogP contribution is 2.21. The summed E-state index contributed by atoms with van der Waals surface area (Å²) in [5.41, 5.74) is 1.88. The fourth-order valence-corrected chi connectivity index (χ4v) is 2.95. The van der Waals surface area contributed by atoms with Crippen LogP contribution in [0.25, 0.3) is 0 Å². The standard InChI is InChI=1S/C15H20N2O2S/c1-5-15-17-12(8-20-15)7-14(18)16-10(3)13-6-9(2)19-11(13)4/h6,8,10H,5,7H2,1-4H3,(H,16,18)/t10-/m0/s1. The third kappa shape index (κ3) is 3.48. The van der Waals surface area contributed by atoms with E-state index in [1.165, 1.54) is 0 Å². The Kier molecular flexibility index (Phi) is 4.60. The lowest BCUT2D eigenvalue weighted by Gasteiger charge is -2.12. The molecule has 2 aromatic rings. The first-order chi connectivity index (χ1) is 9.49. The van der Waals surface area contributed by atoms with E-state index in [-0.39, 0.29) is 11.9 Å². The van der Waals surface area contributed by atoms with Crippen molar-refractivity contribution in [2.75, 3.05) is 0 Å². The predicted molar refractivity (Wildman–Crippen MR) is 79.9 cm³/mol. The normalized spacial score (nSPS) is 12.4. The summed E-state index contributed by atoms with van der Waals surface area (Å²) in [7, 11) is 0. The Morgan fingerprint density at radius 1 is 1.50 bits per heavy atom. The fourth-order valence-electron chi connectivity index (χ4n) is 2.21. The zero-order chi connectivity index (χ0) is 14.7. The molecule has 0 saturated carbocycles. The maximum atomic E-state index is 12.0. The first kappa shape index (κ1) is 14.8. The van der Waals surface area contributed by atoms with Gasteiger partial charge in [0.25, 0.3) is 0 Å². The highest BCUT2D eigenvalue weighted by Gasteiger charge is 2.16. The van der Waals surface area contributed by atoms with Crippen LogP contribution in [0, 0.1) is 13.8 Å². The minimum absolute atomic E-state index is 0.0105. The molecule has 1 amide bonds. The maximum absolute atomic E-state index is 12.0. The molecule has 5 heteroatoms. The molecule has 0 fully saturated rings. The second kappa shape index (κ2) is 6.22. The number of hydrogen-bond donors (Lipinski definition) is 1. The summed E-state index contributed by atoms with van der Waals surface area (Å²) < 4.78 is 5.49. The van der Waals surface area contributed by atoms with Gasteiger partial charge in [-0.1, -0.05) is 6.92 Å². The van der Waals surface area contributed by atoms with Crippen LogP contribution < -0.4 is 5.32 Å². The Hall–Kier alpha value is -1.62. The molecule has 2 heterocycles. The van der Waals surface area contributed by atoms with Crippen molar-refractivity contribution in [2.24, 2.45) is 0 Å². The zero-order valence-electron chi connectivity index (χ0n) is 12.3. The summed E-state index contributed by atoms with van der Waals surface area (Å²) in [4.78, 5) is 16.4. The van der Waals surface area contributed by atoms with Gasteiger partial charge in [-0.05, 0) is 33.3 Å². The van der Waals surface area contributed by atoms with E-state index in [1.807, 2.05) is 32.2 Å². The summed E-state index contributed by atoms with van der Waals surface area (Å²) >= 11 is 1.61. The molecule has 2 aromatic heterocycles. The van der Waals surface area contributed by atoms with Gasteiger partial charge in [0.1, 0.15) is 11.5 Å². The number of furan rings is 1. The molecule has 0 bridgehead atoms. The number of aryl methyl sites for hydroxylation is 3. The molecule has 1 atom stereocenters. The highest BCUT2D eigenvalue weighted by atomic mass is 32.1. The monoisotopic (exact) mass is 292 g/mol. The number of amides is 1. The summed E-state index contributed by atoms with van der Waals surface area (Å²) in [5.74, 6) is 1.71. The van der Waals surface area contributed by atoms with Gasteiger partial charge >= 0.3 is 0 Å². The van der Waals surface area contributed by atoms with Crippen LogP contribution in [-0.2, 0) is 17.6 Å². The number of carbonyl (C=O) groups excluding carboxylic acids is 1. The van der Waals surface area contributed by atoms with Crippen molar-refractivity contribution in [3.8, 4) is 0 Å². The summed E-state index contributed by atoms with van der Waals surface area (Å²) in [6.07, 6.45) is 1.24. The molecule has 0 aliphatic carbocycles. The molecule has 0 aliphatic rings. The van der Waals surface area contributed by atoms with Crippen LogP contribution in [0.15, 0.2) is 15.9 Å². The number of hydrogen-bond acceptors (Lipinski definition) is 4. The molecule has 1 N–H and O–H groups in total. The number of nitrogens with zero attached hydrogens (tertiary/aromatic N) is 1. The molecule has 0 spiro atoms. The van der Waals surface area contributed by atoms with Gasteiger partial charge in [-0.3, -0.25) is 4.79 Å². The molecule has 0 saturated heterocycles. The van der Waals surface area contributed by atoms with Crippen LogP contribution in [-0.4, -0.2) is 10.9 Å². The Balaban J connectivity index is 1.95. The van der Waals surface area contributed by atoms with Gasteiger partial charge in [-0.15, -0.1) is 11.3 Å². The van der Waals surface area contributed by atoms with E-state index < -0.39 is 0 Å². The molecule has 108 valence electrons. The molecular formula is C15H20N2O2S. The second-order valence-corrected chi connectivity index (χ2v) is 5.86. The minimum atomic E-state index is -0.0516. The Morgan fingerprint density at radius 3 is 2.80 bits per heavy atom. The summed E-state index contributed by atoms with van der Waals surface area (Å²) in [5, 5.41) is 6.02. The lowest BCUT2D eigenvalue weighted by Crippen LogP contribution is -2.28. The number of nitrogens with one attached hydrogen (secondary N) is 1. The quantitative estimate of drug-likeness (QED) is 0.919. The van der Waals surface area contributed by atoms with Gasteiger partial charge < -0.3 is 9.73 Å². The summed E-state index contributed by atoms with van der Waals surface area (Å²) in [6, 6.07) is 1.92. The average Bonchev–Trinajstić information content (AvgIpc) is 2.95. The first-order valence-electron chi connectivity index (χ1n) is 6.79. The molecule has 0 aliphatic heterocycles. The second-order valence-electron chi connectivity index (χ2n) is 4.92. The van der Waals surface area contributed by atoms with Crippen molar-refractivity contribution < 1.29 is 9.21 Å². The Labute approximate surface area is 123 Å². The third-order valence-electron chi connectivity index (χ3n) is 3.17. The molecule has 20 heavy (non-hydrogen) atoms. The van der Waals surface area contributed by atoms with E-state index in [1.54, 1.807) is 11.3 Å². The molecule has 0 radical (unpaired) electrons. The maximum Gasteiger partial charge on any atom is 0.226 e. The summed E-state index contributed by atoms with van der Waals surface area (Å²) in [6.45, 7) is 7.86. The van der Waals surface area contributed by atoms with E-state index in [4.69, 9.17) is 4.42 Å². The van der Waals surface area contributed by atoms with Crippen LogP contribution in [0.1, 0.15) is 47.7 Å². The van der Waals surface area contributed by atoms with Crippen LogP contribution in [0.5, 0.6) is 0 Å². The van der Waals surface area contributed by atoms with E-state index in [9.17, 15) is 4.79 Å². The number of thiazole rings is 1. The van der Waals surface area contributed by atoms with Crippen molar-refractivity contribution in [1.29, 1.82) is 0 Å². The minimum Gasteiger partial charge on any atom is -0.466 e. The van der Waals surface area contributed by atoms with Crippen LogP contribution in [0.3, 0.4) is 0 Å². The number of carbonyl (C=O) groups is 1. The van der Waals surface area contributed by atoms with Gasteiger partial charge in [-0.2, -0.15) is 0 Å². The lowest BCUT2D eigenvalue weighted by atomic mass is 10.1. The fraction of sp³-hybridized carbons (Fsp3) is 0.467. The first-order valence-corrected chi connectivity index (χ1v) is 7.67. The average molecular weight is 292 g/mol. The van der Waals surface area contributed by atoms with Gasteiger partial charge in [-0.25, -0.2) is 4.98 Å². The molecular weight excluding hydrogens is 272 g/mol. The van der Waals surface area contributed by atoms with E-state index in [0.717, 1.165) is 34.2 Å². The van der Waals surface area contributed by atoms with Crippen LogP contribution in [0.2, 0.25) is 0 Å². The third-order valence-corrected chi connectivity index (χ3v) is 4.21. The van der Waals surface area contributed by atoms with Crippen LogP contribution in [0.4, 0.5) is 0 Å². The van der Waals surface area contributed by atoms with Crippen molar-refractivity contribution in [2.45, 2.75) is 46.6 Å². The van der Waals surface area contributed by atoms with Gasteiger partial charge in [0, 0.05) is 10.9 Å². The van der Waals surface area contributed by atoms with Crippen LogP contribution >= 0.6 is 11.3 Å². The van der Waals surface area contributed by atoms with Crippen molar-refractivity contribution in [1.82, 2.24) is 10.3 Å². The predicted octanol–water partition coefficient (Wildman–Crippen LogP) is 3.34. The molecule has 4 nitrogen and oxygen atoms in total. The Bertz CT molecular complexity index is 601. The topological polar surface area (TPSA) is 55.1 Å². The smallest absolute Gasteiger partial charge is 0.226 e. The van der Waals surface area contributed by atoms with Gasteiger partial charge in [0.2, 0.25) is 5.91 Å². The van der Waals surface area contributed by atoms with Crippen molar-refractivity contribution >= 4 is 17.2 Å². The molecule has 2 rings (SSSR count). The van der Waals surface area contributed by atoms with Gasteiger partial charge in [0.15, 0.2) is 0 Å².